The Hall–Kier alpha value is -4.25. The van der Waals surface area contributed by atoms with E-state index in [1.54, 1.807) is 23.6 Å². The van der Waals surface area contributed by atoms with Gasteiger partial charge in [-0.1, -0.05) is 11.6 Å². The molecule has 0 aliphatic carbocycles. The first-order chi connectivity index (χ1) is 18.6. The van der Waals surface area contributed by atoms with Gasteiger partial charge in [0.1, 0.15) is 16.6 Å². The normalized spacial score (nSPS) is 14.5. The Labute approximate surface area is 230 Å². The zero-order chi connectivity index (χ0) is 27.8. The maximum absolute atomic E-state index is 13.5. The van der Waals surface area contributed by atoms with Gasteiger partial charge >= 0.3 is 5.97 Å². The lowest BCUT2D eigenvalue weighted by Gasteiger charge is -2.36. The molecule has 0 aromatic carbocycles. The fraction of sp³-hybridized carbons (Fsp3) is 0.333. The summed E-state index contributed by atoms with van der Waals surface area (Å²) in [5, 5.41) is 12.9. The van der Waals surface area contributed by atoms with Crippen LogP contribution in [0.1, 0.15) is 45.7 Å². The minimum absolute atomic E-state index is 0.0917. The summed E-state index contributed by atoms with van der Waals surface area (Å²) >= 11 is 5.92. The third-order valence-corrected chi connectivity index (χ3v) is 7.03. The summed E-state index contributed by atoms with van der Waals surface area (Å²) in [6.07, 6.45) is 5.39. The van der Waals surface area contributed by atoms with E-state index in [4.69, 9.17) is 16.6 Å². The number of hydrogen-bond donors (Lipinski definition) is 2. The molecule has 0 saturated carbocycles. The van der Waals surface area contributed by atoms with E-state index in [2.05, 4.69) is 30.1 Å². The van der Waals surface area contributed by atoms with E-state index >= 15 is 0 Å². The highest BCUT2D eigenvalue weighted by atomic mass is 35.5. The van der Waals surface area contributed by atoms with Crippen LogP contribution in [0, 0.1) is 20.8 Å². The van der Waals surface area contributed by atoms with Crippen LogP contribution in [0.4, 0.5) is 17.5 Å². The van der Waals surface area contributed by atoms with Crippen molar-refractivity contribution in [1.29, 1.82) is 0 Å². The first kappa shape index (κ1) is 26.4. The number of aromatic nitrogens is 5. The van der Waals surface area contributed by atoms with Gasteiger partial charge in [-0.2, -0.15) is 0 Å². The number of aromatic carboxylic acids is 1. The topological polar surface area (TPSA) is 129 Å². The van der Waals surface area contributed by atoms with E-state index in [9.17, 15) is 14.7 Å². The van der Waals surface area contributed by atoms with E-state index in [-0.39, 0.29) is 22.4 Å². The van der Waals surface area contributed by atoms with Crippen molar-refractivity contribution in [2.75, 3.05) is 41.3 Å². The standard InChI is InChI=1S/C27H29ClN8O3/c1-15-11-19(18(4)31-20-5-6-21(28)32-22(20)26(38)39)24-33-23(17(3)25(37)36(24)14-15)34-7-9-35(10-8-34)27-29-12-16(2)13-30-27/h5-6,11-14,18,31H,7-10H2,1-4H3,(H,38,39)/t18-/m1/s1. The highest BCUT2D eigenvalue weighted by Crippen LogP contribution is 2.28. The van der Waals surface area contributed by atoms with Gasteiger partial charge in [0, 0.05) is 50.3 Å². The molecule has 1 aliphatic heterocycles. The Bertz CT molecular complexity index is 1610. The third-order valence-electron chi connectivity index (χ3n) is 6.82. The predicted octanol–water partition coefficient (Wildman–Crippen LogP) is 3.66. The Kier molecular flexibility index (Phi) is 7.09. The molecule has 2 N–H and O–H groups in total. The van der Waals surface area contributed by atoms with Crippen LogP contribution in [0.15, 0.2) is 41.6 Å². The molecule has 0 unspecified atom stereocenters. The van der Waals surface area contributed by atoms with Gasteiger partial charge in [-0.15, -0.1) is 0 Å². The summed E-state index contributed by atoms with van der Waals surface area (Å²) in [6.45, 7) is 10.3. The van der Waals surface area contributed by atoms with Crippen LogP contribution in [0.5, 0.6) is 0 Å². The molecule has 11 nitrogen and oxygen atoms in total. The number of carboxylic acids is 1. The first-order valence-electron chi connectivity index (χ1n) is 12.6. The molecule has 5 rings (SSSR count). The maximum Gasteiger partial charge on any atom is 0.356 e. The molecule has 1 aliphatic rings. The van der Waals surface area contributed by atoms with Crippen molar-refractivity contribution in [3.63, 3.8) is 0 Å². The van der Waals surface area contributed by atoms with Crippen molar-refractivity contribution >= 4 is 40.7 Å². The molecule has 39 heavy (non-hydrogen) atoms. The van der Waals surface area contributed by atoms with Crippen LogP contribution < -0.4 is 20.7 Å². The highest BCUT2D eigenvalue weighted by Gasteiger charge is 2.25. The van der Waals surface area contributed by atoms with Crippen LogP contribution in [-0.2, 0) is 0 Å². The summed E-state index contributed by atoms with van der Waals surface area (Å²) in [5.74, 6) is 0.142. The largest absolute Gasteiger partial charge is 0.476 e. The number of nitrogens with zero attached hydrogens (tertiary/aromatic N) is 7. The van der Waals surface area contributed by atoms with Crippen molar-refractivity contribution in [2.45, 2.75) is 33.7 Å². The van der Waals surface area contributed by atoms with Gasteiger partial charge in [0.05, 0.1) is 17.3 Å². The minimum atomic E-state index is -1.19. The number of piperazine rings is 1. The molecule has 1 atom stereocenters. The summed E-state index contributed by atoms with van der Waals surface area (Å²) in [7, 11) is 0. The quantitative estimate of drug-likeness (QED) is 0.344. The number of carboxylic acid groups (broad SMARTS) is 1. The molecule has 202 valence electrons. The molecule has 0 radical (unpaired) electrons. The van der Waals surface area contributed by atoms with E-state index in [0.717, 1.165) is 16.7 Å². The second-order valence-corrected chi connectivity index (χ2v) is 10.2. The van der Waals surface area contributed by atoms with Crippen molar-refractivity contribution in [3.8, 4) is 0 Å². The van der Waals surface area contributed by atoms with Crippen LogP contribution >= 0.6 is 11.6 Å². The van der Waals surface area contributed by atoms with Gasteiger partial charge in [0.15, 0.2) is 5.69 Å². The second kappa shape index (κ2) is 10.5. The van der Waals surface area contributed by atoms with Gasteiger partial charge < -0.3 is 20.2 Å². The van der Waals surface area contributed by atoms with Gasteiger partial charge in [0.2, 0.25) is 5.95 Å². The Morgan fingerprint density at radius 1 is 1.03 bits per heavy atom. The van der Waals surface area contributed by atoms with E-state index < -0.39 is 5.97 Å². The van der Waals surface area contributed by atoms with Crippen LogP contribution in [0.25, 0.3) is 5.65 Å². The number of fused-ring (bicyclic) bond motifs is 1. The van der Waals surface area contributed by atoms with Gasteiger partial charge in [-0.3, -0.25) is 9.20 Å². The van der Waals surface area contributed by atoms with Crippen LogP contribution in [0.2, 0.25) is 5.15 Å². The number of anilines is 3. The summed E-state index contributed by atoms with van der Waals surface area (Å²) < 4.78 is 1.57. The second-order valence-electron chi connectivity index (χ2n) is 9.77. The SMILES string of the molecule is Cc1cnc(N2CCN(c3nc4c([C@@H](C)Nc5ccc(Cl)nc5C(=O)O)cc(C)cn4c(=O)c3C)CC2)nc1. The predicted molar refractivity (Wildman–Crippen MR) is 150 cm³/mol. The number of carbonyl (C=O) groups is 1. The van der Waals surface area contributed by atoms with E-state index in [1.165, 1.54) is 6.07 Å². The molecule has 1 saturated heterocycles. The summed E-state index contributed by atoms with van der Waals surface area (Å²) in [4.78, 5) is 47.3. The van der Waals surface area contributed by atoms with Crippen molar-refractivity contribution in [3.05, 3.63) is 80.2 Å². The number of nitrogens with one attached hydrogen (secondary N) is 1. The molecule has 5 heterocycles. The molecule has 12 heteroatoms. The average molecular weight is 549 g/mol. The van der Waals surface area contributed by atoms with Gasteiger partial charge in [-0.25, -0.2) is 24.7 Å². The number of halogens is 1. The van der Waals surface area contributed by atoms with Crippen molar-refractivity contribution < 1.29 is 9.90 Å². The Morgan fingerprint density at radius 2 is 1.69 bits per heavy atom. The van der Waals surface area contributed by atoms with Crippen molar-refractivity contribution in [2.24, 2.45) is 0 Å². The van der Waals surface area contributed by atoms with Crippen LogP contribution in [0.3, 0.4) is 0 Å². The fourth-order valence-corrected chi connectivity index (χ4v) is 4.95. The monoisotopic (exact) mass is 548 g/mol. The molecular formula is C27H29ClN8O3. The summed E-state index contributed by atoms with van der Waals surface area (Å²) in [6, 6.07) is 4.68. The molecule has 0 spiro atoms. The lowest BCUT2D eigenvalue weighted by molar-refractivity contribution is 0.0691. The lowest BCUT2D eigenvalue weighted by Crippen LogP contribution is -2.48. The number of aryl methyl sites for hydroxylation is 2. The molecular weight excluding hydrogens is 520 g/mol. The van der Waals surface area contributed by atoms with Crippen LogP contribution in [-0.4, -0.2) is 61.6 Å². The maximum atomic E-state index is 13.5. The minimum Gasteiger partial charge on any atom is -0.476 e. The number of hydrogen-bond acceptors (Lipinski definition) is 9. The average Bonchev–Trinajstić information content (AvgIpc) is 2.92. The Morgan fingerprint density at radius 3 is 2.36 bits per heavy atom. The zero-order valence-corrected chi connectivity index (χ0v) is 22.9. The first-order valence-corrected chi connectivity index (χ1v) is 13.0. The molecule has 0 bridgehead atoms. The highest BCUT2D eigenvalue weighted by molar-refractivity contribution is 6.29. The summed E-state index contributed by atoms with van der Waals surface area (Å²) in [5.41, 5.74) is 3.72. The molecule has 4 aromatic heterocycles. The number of rotatable bonds is 6. The lowest BCUT2D eigenvalue weighted by atomic mass is 10.1. The molecule has 1 fully saturated rings. The fourth-order valence-electron chi connectivity index (χ4n) is 4.80. The van der Waals surface area contributed by atoms with E-state index in [0.29, 0.717) is 54.8 Å². The van der Waals surface area contributed by atoms with Gasteiger partial charge in [-0.05, 0) is 57.0 Å². The van der Waals surface area contributed by atoms with Crippen molar-refractivity contribution in [1.82, 2.24) is 24.3 Å². The van der Waals surface area contributed by atoms with E-state index in [1.807, 2.05) is 39.2 Å². The smallest absolute Gasteiger partial charge is 0.356 e. The Balaban J connectivity index is 1.49. The molecule has 4 aromatic rings. The zero-order valence-electron chi connectivity index (χ0n) is 22.1. The molecule has 0 amide bonds. The van der Waals surface area contributed by atoms with Gasteiger partial charge in [0.25, 0.3) is 5.56 Å². The third kappa shape index (κ3) is 5.22. The number of pyridine rings is 2.